The molecule has 0 amide bonds. The number of hydrogen-bond acceptors (Lipinski definition) is 8. The van der Waals surface area contributed by atoms with Crippen LogP contribution in [0.25, 0.3) is 0 Å². The van der Waals surface area contributed by atoms with Gasteiger partial charge >= 0.3 is 0 Å². The number of rotatable bonds is 5. The smallest absolute Gasteiger partial charge is 0.283 e. The number of nitrogens with zero attached hydrogens (tertiary/aromatic N) is 4. The van der Waals surface area contributed by atoms with Gasteiger partial charge in [-0.1, -0.05) is 0 Å². The molecule has 0 radical (unpaired) electrons. The molecule has 2 rings (SSSR count). The van der Waals surface area contributed by atoms with Crippen LogP contribution in [0.5, 0.6) is 0 Å². The number of nitrogens with one attached hydrogen (secondary N) is 1. The monoisotopic (exact) mass is 291 g/mol. The first-order chi connectivity index (χ1) is 9.99. The summed E-state index contributed by atoms with van der Waals surface area (Å²) in [7, 11) is 0. The zero-order valence-corrected chi connectivity index (χ0v) is 10.4. The molecule has 1 unspecified atom stereocenters. The Labute approximate surface area is 117 Å². The normalized spacial score (nSPS) is 11.7. The molecule has 0 fully saturated rings. The summed E-state index contributed by atoms with van der Waals surface area (Å²) in [5.74, 6) is 0.0673. The largest absolute Gasteiger partial charge is 0.369 e. The number of hydrogen-bond donors (Lipinski definition) is 2. The van der Waals surface area contributed by atoms with E-state index in [4.69, 9.17) is 0 Å². The maximum atomic E-state index is 11.0. The molecular weight excluding hydrogens is 282 g/mol. The molecule has 0 aliphatic rings. The summed E-state index contributed by atoms with van der Waals surface area (Å²) >= 11 is 0. The highest BCUT2D eigenvalue weighted by molar-refractivity contribution is 5.51. The first-order valence-electron chi connectivity index (χ1n) is 5.63. The number of benzene rings is 1. The van der Waals surface area contributed by atoms with Crippen molar-refractivity contribution in [2.45, 2.75) is 6.23 Å². The van der Waals surface area contributed by atoms with Crippen LogP contribution in [-0.4, -0.2) is 24.9 Å². The van der Waals surface area contributed by atoms with Gasteiger partial charge < -0.3 is 10.4 Å². The van der Waals surface area contributed by atoms with Crippen molar-refractivity contribution >= 4 is 17.3 Å². The molecular formula is C11H9N5O5. The van der Waals surface area contributed by atoms with E-state index in [1.807, 2.05) is 0 Å². The number of aromatic nitrogens is 2. The van der Waals surface area contributed by atoms with Gasteiger partial charge in [-0.15, -0.1) is 0 Å². The number of anilines is 1. The molecule has 0 saturated heterocycles. The third-order valence-corrected chi connectivity index (χ3v) is 2.55. The zero-order chi connectivity index (χ0) is 15.4. The van der Waals surface area contributed by atoms with Crippen LogP contribution in [0.4, 0.5) is 17.3 Å². The van der Waals surface area contributed by atoms with Gasteiger partial charge in [0.05, 0.1) is 21.5 Å². The highest BCUT2D eigenvalue weighted by atomic mass is 16.6. The first kappa shape index (κ1) is 14.3. The third kappa shape index (κ3) is 3.25. The second kappa shape index (κ2) is 5.88. The molecule has 10 heteroatoms. The van der Waals surface area contributed by atoms with E-state index in [0.717, 1.165) is 18.2 Å². The fraction of sp³-hybridized carbons (Fsp3) is 0.0909. The van der Waals surface area contributed by atoms with Gasteiger partial charge in [0.1, 0.15) is 0 Å². The van der Waals surface area contributed by atoms with E-state index >= 15 is 0 Å². The predicted molar refractivity (Wildman–Crippen MR) is 70.4 cm³/mol. The summed E-state index contributed by atoms with van der Waals surface area (Å²) in [6.07, 6.45) is 1.37. The Hall–Kier alpha value is -3.14. The summed E-state index contributed by atoms with van der Waals surface area (Å²) in [5.41, 5.74) is -1.13. The summed E-state index contributed by atoms with van der Waals surface area (Å²) < 4.78 is 0. The van der Waals surface area contributed by atoms with Gasteiger partial charge in [0, 0.05) is 18.5 Å². The minimum absolute atomic E-state index is 0.0673. The van der Waals surface area contributed by atoms with Crippen molar-refractivity contribution in [3.05, 3.63) is 62.5 Å². The van der Waals surface area contributed by atoms with Crippen molar-refractivity contribution in [2.24, 2.45) is 0 Å². The van der Waals surface area contributed by atoms with Crippen LogP contribution in [0.3, 0.4) is 0 Å². The van der Waals surface area contributed by atoms with E-state index in [1.54, 1.807) is 6.07 Å². The lowest BCUT2D eigenvalue weighted by Gasteiger charge is -2.12. The Morgan fingerprint density at radius 3 is 2.38 bits per heavy atom. The molecule has 1 aromatic carbocycles. The van der Waals surface area contributed by atoms with Crippen LogP contribution >= 0.6 is 0 Å². The van der Waals surface area contributed by atoms with Gasteiger partial charge in [0.25, 0.3) is 11.4 Å². The number of nitro groups is 2. The fourth-order valence-electron chi connectivity index (χ4n) is 1.61. The SMILES string of the molecule is O=[N+]([O-])c1ccc(C(O)Nc2ncccn2)c([N+](=O)[O-])c1. The average Bonchev–Trinajstić information content (AvgIpc) is 2.47. The topological polar surface area (TPSA) is 144 Å². The molecule has 2 N–H and O–H groups in total. The van der Waals surface area contributed by atoms with Crippen LogP contribution in [0.2, 0.25) is 0 Å². The fourth-order valence-corrected chi connectivity index (χ4v) is 1.61. The molecule has 21 heavy (non-hydrogen) atoms. The number of aliphatic hydroxyl groups excluding tert-OH is 1. The van der Waals surface area contributed by atoms with Gasteiger partial charge in [0.2, 0.25) is 5.95 Å². The molecule has 0 bridgehead atoms. The molecule has 1 atom stereocenters. The lowest BCUT2D eigenvalue weighted by molar-refractivity contribution is -0.394. The van der Waals surface area contributed by atoms with Gasteiger partial charge in [-0.05, 0) is 12.1 Å². The average molecular weight is 291 g/mol. The third-order valence-electron chi connectivity index (χ3n) is 2.55. The van der Waals surface area contributed by atoms with E-state index in [9.17, 15) is 25.3 Å². The van der Waals surface area contributed by atoms with Crippen LogP contribution in [0.1, 0.15) is 11.8 Å². The second-order valence-electron chi connectivity index (χ2n) is 3.88. The van der Waals surface area contributed by atoms with Gasteiger partial charge in [-0.2, -0.15) is 0 Å². The van der Waals surface area contributed by atoms with Crippen LogP contribution < -0.4 is 5.32 Å². The van der Waals surface area contributed by atoms with Crippen LogP contribution in [0.15, 0.2) is 36.7 Å². The Balaban J connectivity index is 2.34. The summed E-state index contributed by atoms with van der Waals surface area (Å²) in [4.78, 5) is 27.6. The standard InChI is InChI=1S/C11H9N5O5/c17-10(14-11-12-4-1-5-13-11)8-3-2-7(15(18)19)6-9(8)16(20)21/h1-6,10,17H,(H,12,13,14). The minimum atomic E-state index is -1.48. The Bertz CT molecular complexity index is 678. The highest BCUT2D eigenvalue weighted by Gasteiger charge is 2.24. The number of aliphatic hydroxyl groups is 1. The van der Waals surface area contributed by atoms with Crippen molar-refractivity contribution in [3.8, 4) is 0 Å². The second-order valence-corrected chi connectivity index (χ2v) is 3.88. The molecule has 10 nitrogen and oxygen atoms in total. The van der Waals surface area contributed by atoms with Crippen molar-refractivity contribution in [3.63, 3.8) is 0 Å². The van der Waals surface area contributed by atoms with Crippen LogP contribution in [0, 0.1) is 20.2 Å². The Kier molecular flexibility index (Phi) is 4.00. The minimum Gasteiger partial charge on any atom is -0.369 e. The Morgan fingerprint density at radius 2 is 1.81 bits per heavy atom. The molecule has 2 aromatic rings. The molecule has 108 valence electrons. The first-order valence-corrected chi connectivity index (χ1v) is 5.63. The van der Waals surface area contributed by atoms with E-state index in [0.29, 0.717) is 0 Å². The maximum Gasteiger partial charge on any atom is 0.283 e. The molecule has 1 heterocycles. The van der Waals surface area contributed by atoms with Gasteiger partial charge in [-0.25, -0.2) is 9.97 Å². The van der Waals surface area contributed by atoms with E-state index in [-0.39, 0.29) is 11.5 Å². The lowest BCUT2D eigenvalue weighted by atomic mass is 10.1. The summed E-state index contributed by atoms with van der Waals surface area (Å²) in [5, 5.41) is 34.0. The molecule has 1 aromatic heterocycles. The van der Waals surface area contributed by atoms with Crippen LogP contribution in [-0.2, 0) is 0 Å². The summed E-state index contributed by atoms with van der Waals surface area (Å²) in [6, 6.07) is 4.52. The molecule has 0 spiro atoms. The quantitative estimate of drug-likeness (QED) is 0.477. The van der Waals surface area contributed by atoms with E-state index < -0.39 is 27.4 Å². The molecule has 0 aliphatic carbocycles. The number of nitro benzene ring substituents is 2. The van der Waals surface area contributed by atoms with Crippen molar-refractivity contribution in [1.82, 2.24) is 9.97 Å². The van der Waals surface area contributed by atoms with E-state index in [1.165, 1.54) is 12.4 Å². The van der Waals surface area contributed by atoms with Gasteiger partial charge in [-0.3, -0.25) is 20.2 Å². The predicted octanol–water partition coefficient (Wildman–Crippen LogP) is 1.40. The van der Waals surface area contributed by atoms with Gasteiger partial charge in [0.15, 0.2) is 6.23 Å². The Morgan fingerprint density at radius 1 is 1.14 bits per heavy atom. The maximum absolute atomic E-state index is 11.0. The van der Waals surface area contributed by atoms with E-state index in [2.05, 4.69) is 15.3 Å². The number of non-ortho nitro benzene ring substituents is 1. The lowest BCUT2D eigenvalue weighted by Crippen LogP contribution is -2.13. The zero-order valence-electron chi connectivity index (χ0n) is 10.4. The molecule has 0 saturated carbocycles. The molecule has 0 aliphatic heterocycles. The van der Waals surface area contributed by atoms with Crippen molar-refractivity contribution in [1.29, 1.82) is 0 Å². The highest BCUT2D eigenvalue weighted by Crippen LogP contribution is 2.29. The summed E-state index contributed by atoms with van der Waals surface area (Å²) in [6.45, 7) is 0. The van der Waals surface area contributed by atoms with Crippen molar-refractivity contribution < 1.29 is 15.0 Å². The van der Waals surface area contributed by atoms with Crippen molar-refractivity contribution in [2.75, 3.05) is 5.32 Å².